The zero-order chi connectivity index (χ0) is 21.7. The van der Waals surface area contributed by atoms with Crippen LogP contribution in [-0.4, -0.2) is 25.1 Å². The molecule has 2 aliphatic rings. The average molecular weight is 444 g/mol. The second-order valence-electron chi connectivity index (χ2n) is 8.77. The number of carbonyl (C=O) groups excluding carboxylic acids is 1. The molecule has 30 heavy (non-hydrogen) atoms. The number of thiophene rings is 1. The molecule has 1 aromatic heterocycles. The van der Waals surface area contributed by atoms with Crippen molar-refractivity contribution in [1.29, 1.82) is 5.26 Å². The van der Waals surface area contributed by atoms with Crippen LogP contribution < -0.4 is 0 Å². The molecule has 0 radical (unpaired) electrons. The highest BCUT2D eigenvalue weighted by Gasteiger charge is 2.31. The molecular weight excluding hydrogens is 418 g/mol. The van der Waals surface area contributed by atoms with Gasteiger partial charge in [-0.1, -0.05) is 0 Å². The highest BCUT2D eigenvalue weighted by atomic mass is 32.2. The number of hydrogen-bond acceptors (Lipinski definition) is 6. The highest BCUT2D eigenvalue weighted by molar-refractivity contribution is 7.94. The normalized spacial score (nSPS) is 15.7. The van der Waals surface area contributed by atoms with Gasteiger partial charge < -0.3 is 5.11 Å². The van der Waals surface area contributed by atoms with Crippen LogP contribution in [0.3, 0.4) is 0 Å². The number of rotatable bonds is 6. The molecule has 0 fully saturated rings. The highest BCUT2D eigenvalue weighted by Crippen LogP contribution is 2.39. The molecule has 0 bridgehead atoms. The van der Waals surface area contributed by atoms with Gasteiger partial charge in [0.2, 0.25) is 0 Å². The number of aliphatic hydroxyl groups is 1. The number of nitriles is 1. The minimum Gasteiger partial charge on any atom is -0.386 e. The maximum absolute atomic E-state index is 12.9. The summed E-state index contributed by atoms with van der Waals surface area (Å²) < 4.78 is 25.7. The summed E-state index contributed by atoms with van der Waals surface area (Å²) in [7, 11) is -3.75. The minimum absolute atomic E-state index is 0.110. The first kappa shape index (κ1) is 21.2. The number of carbonyl (C=O) groups is 1. The van der Waals surface area contributed by atoms with Crippen LogP contribution in [0, 0.1) is 11.3 Å². The van der Waals surface area contributed by atoms with E-state index in [2.05, 4.69) is 6.07 Å². The van der Waals surface area contributed by atoms with Gasteiger partial charge >= 0.3 is 0 Å². The standard InChI is InChI=1S/C23H25NO4S2/c1-23(2,26)14-9-22(29-12-14)30(27,28)13-15(25)10-20-16-5-3-7-18(16)21(11-24)19-8-4-6-17(19)20/h9,12,26H,3-8,10,13H2,1-2H3. The van der Waals surface area contributed by atoms with Gasteiger partial charge in [0.15, 0.2) is 15.6 Å². The predicted molar refractivity (Wildman–Crippen MR) is 116 cm³/mol. The molecule has 1 aromatic carbocycles. The quantitative estimate of drug-likeness (QED) is 0.738. The van der Waals surface area contributed by atoms with Crippen LogP contribution in [-0.2, 0) is 52.3 Å². The summed E-state index contributed by atoms with van der Waals surface area (Å²) in [6, 6.07) is 3.85. The van der Waals surface area contributed by atoms with E-state index in [0.717, 1.165) is 83.2 Å². The number of ketones is 1. The Kier molecular flexibility index (Phi) is 5.38. The lowest BCUT2D eigenvalue weighted by molar-refractivity contribution is -0.116. The molecule has 158 valence electrons. The van der Waals surface area contributed by atoms with Gasteiger partial charge in [-0.05, 0) is 97.2 Å². The Balaban J connectivity index is 1.61. The van der Waals surface area contributed by atoms with Crippen LogP contribution >= 0.6 is 11.3 Å². The number of fused-ring (bicyclic) bond motifs is 2. The van der Waals surface area contributed by atoms with E-state index in [9.17, 15) is 23.6 Å². The number of benzene rings is 1. The van der Waals surface area contributed by atoms with Crippen molar-refractivity contribution in [3.8, 4) is 6.07 Å². The summed E-state index contributed by atoms with van der Waals surface area (Å²) in [5.41, 5.74) is 5.57. The Morgan fingerprint density at radius 1 is 1.13 bits per heavy atom. The van der Waals surface area contributed by atoms with E-state index >= 15 is 0 Å². The zero-order valence-corrected chi connectivity index (χ0v) is 18.9. The summed E-state index contributed by atoms with van der Waals surface area (Å²) >= 11 is 1.04. The van der Waals surface area contributed by atoms with E-state index in [1.54, 1.807) is 19.2 Å². The van der Waals surface area contributed by atoms with E-state index in [1.165, 1.54) is 6.07 Å². The number of hydrogen-bond donors (Lipinski definition) is 1. The Morgan fingerprint density at radius 2 is 1.70 bits per heavy atom. The van der Waals surface area contributed by atoms with Crippen molar-refractivity contribution in [1.82, 2.24) is 0 Å². The van der Waals surface area contributed by atoms with Crippen molar-refractivity contribution in [2.24, 2.45) is 0 Å². The van der Waals surface area contributed by atoms with Gasteiger partial charge in [-0.2, -0.15) is 5.26 Å². The fourth-order valence-electron chi connectivity index (χ4n) is 4.75. The molecule has 1 heterocycles. The van der Waals surface area contributed by atoms with Crippen LogP contribution in [0.25, 0.3) is 0 Å². The molecule has 0 aliphatic heterocycles. The van der Waals surface area contributed by atoms with E-state index in [0.29, 0.717) is 5.56 Å². The fraction of sp³-hybridized carbons (Fsp3) is 0.478. The van der Waals surface area contributed by atoms with Gasteiger partial charge in [0.1, 0.15) is 9.96 Å². The summed E-state index contributed by atoms with van der Waals surface area (Å²) in [4.78, 5) is 12.9. The molecule has 7 heteroatoms. The predicted octanol–water partition coefficient (Wildman–Crippen LogP) is 3.41. The minimum atomic E-state index is -3.75. The largest absolute Gasteiger partial charge is 0.386 e. The zero-order valence-electron chi connectivity index (χ0n) is 17.2. The second-order valence-corrected chi connectivity index (χ2v) is 11.9. The van der Waals surface area contributed by atoms with Crippen molar-refractivity contribution in [3.63, 3.8) is 0 Å². The van der Waals surface area contributed by atoms with Gasteiger partial charge in [-0.15, -0.1) is 11.3 Å². The number of Topliss-reactive ketones (excluding diaryl/α,β-unsaturated/α-hetero) is 1. The third kappa shape index (κ3) is 3.73. The summed E-state index contributed by atoms with van der Waals surface area (Å²) in [5.74, 6) is -0.858. The lowest BCUT2D eigenvalue weighted by atomic mass is 9.87. The monoisotopic (exact) mass is 443 g/mol. The van der Waals surface area contributed by atoms with Crippen LogP contribution in [0.1, 0.15) is 65.6 Å². The van der Waals surface area contributed by atoms with Gasteiger partial charge in [0, 0.05) is 6.42 Å². The maximum atomic E-state index is 12.9. The summed E-state index contributed by atoms with van der Waals surface area (Å²) in [5, 5.41) is 21.4. The molecule has 5 nitrogen and oxygen atoms in total. The number of nitrogens with zero attached hydrogens (tertiary/aromatic N) is 1. The third-order valence-electron chi connectivity index (χ3n) is 6.19. The van der Waals surface area contributed by atoms with E-state index in [-0.39, 0.29) is 16.4 Å². The third-order valence-corrected chi connectivity index (χ3v) is 9.40. The van der Waals surface area contributed by atoms with Gasteiger partial charge in [-0.25, -0.2) is 8.42 Å². The Labute approximate surface area is 181 Å². The Hall–Kier alpha value is -2.01. The summed E-state index contributed by atoms with van der Waals surface area (Å²) in [6.07, 6.45) is 5.49. The number of sulfone groups is 1. The first-order valence-corrected chi connectivity index (χ1v) is 12.8. The van der Waals surface area contributed by atoms with Crippen LogP contribution in [0.5, 0.6) is 0 Å². The van der Waals surface area contributed by atoms with Gasteiger partial charge in [0.25, 0.3) is 0 Å². The molecule has 0 spiro atoms. The van der Waals surface area contributed by atoms with Crippen molar-refractivity contribution in [2.75, 3.05) is 5.75 Å². The average Bonchev–Trinajstić information content (AvgIpc) is 3.40. The van der Waals surface area contributed by atoms with Gasteiger partial charge in [-0.3, -0.25) is 4.79 Å². The molecule has 0 unspecified atom stereocenters. The Bertz CT molecular complexity index is 1140. The van der Waals surface area contributed by atoms with Crippen LogP contribution in [0.4, 0.5) is 0 Å². The smallest absolute Gasteiger partial charge is 0.194 e. The second kappa shape index (κ2) is 7.60. The molecular formula is C23H25NO4S2. The van der Waals surface area contributed by atoms with Crippen molar-refractivity contribution in [2.45, 2.75) is 68.6 Å². The van der Waals surface area contributed by atoms with Crippen LogP contribution in [0.2, 0.25) is 0 Å². The molecule has 2 aromatic rings. The lowest BCUT2D eigenvalue weighted by Gasteiger charge is -2.16. The maximum Gasteiger partial charge on any atom is 0.194 e. The van der Waals surface area contributed by atoms with Crippen molar-refractivity contribution >= 4 is 27.0 Å². The molecule has 1 N–H and O–H groups in total. The topological polar surface area (TPSA) is 95.2 Å². The molecule has 0 saturated carbocycles. The Morgan fingerprint density at radius 3 is 2.20 bits per heavy atom. The molecule has 2 aliphatic carbocycles. The first-order chi connectivity index (χ1) is 14.1. The van der Waals surface area contributed by atoms with E-state index in [1.807, 2.05) is 0 Å². The molecule has 4 rings (SSSR count). The lowest BCUT2D eigenvalue weighted by Crippen LogP contribution is -2.19. The molecule has 0 saturated heterocycles. The van der Waals surface area contributed by atoms with Crippen molar-refractivity contribution in [3.05, 3.63) is 50.4 Å². The molecule has 0 amide bonds. The van der Waals surface area contributed by atoms with E-state index < -0.39 is 21.2 Å². The summed E-state index contributed by atoms with van der Waals surface area (Å²) in [6.45, 7) is 3.20. The van der Waals surface area contributed by atoms with Crippen LogP contribution in [0.15, 0.2) is 15.7 Å². The van der Waals surface area contributed by atoms with E-state index in [4.69, 9.17) is 0 Å². The SMILES string of the molecule is CC(C)(O)c1csc(S(=O)(=O)CC(=O)Cc2c3c(c(C#N)c4c2CCC4)CCC3)c1. The first-order valence-electron chi connectivity index (χ1n) is 10.3. The molecule has 0 atom stereocenters. The van der Waals surface area contributed by atoms with Crippen molar-refractivity contribution < 1.29 is 18.3 Å². The fourth-order valence-corrected chi connectivity index (χ4v) is 7.43. The van der Waals surface area contributed by atoms with Gasteiger partial charge in [0.05, 0.1) is 17.2 Å².